The van der Waals surface area contributed by atoms with Crippen molar-refractivity contribution in [2.45, 2.75) is 12.5 Å². The molecule has 2 rings (SSSR count). The van der Waals surface area contributed by atoms with Crippen molar-refractivity contribution in [1.82, 2.24) is 4.90 Å². The van der Waals surface area contributed by atoms with Crippen molar-refractivity contribution >= 4 is 0 Å². The van der Waals surface area contributed by atoms with Crippen LogP contribution in [-0.4, -0.2) is 18.0 Å². The van der Waals surface area contributed by atoms with Gasteiger partial charge in [0.15, 0.2) is 0 Å². The first-order chi connectivity index (χ1) is 10.3. The highest BCUT2D eigenvalue weighted by Gasteiger charge is 2.19. The maximum Gasteiger partial charge on any atom is 0.0613 e. The summed E-state index contributed by atoms with van der Waals surface area (Å²) < 4.78 is 0. The monoisotopic (exact) mass is 273 g/mol. The Labute approximate surface area is 127 Å². The van der Waals surface area contributed by atoms with E-state index in [-0.39, 0.29) is 6.04 Å². The van der Waals surface area contributed by atoms with Crippen molar-refractivity contribution in [2.24, 2.45) is 0 Å². The molecule has 0 aliphatic heterocycles. The predicted molar refractivity (Wildman–Crippen MR) is 88.6 cm³/mol. The summed E-state index contributed by atoms with van der Waals surface area (Å²) in [4.78, 5) is 2.17. The van der Waals surface area contributed by atoms with E-state index < -0.39 is 0 Å². The zero-order valence-electron chi connectivity index (χ0n) is 12.1. The average molecular weight is 273 g/mol. The largest absolute Gasteiger partial charge is 0.274 e. The van der Waals surface area contributed by atoms with Crippen LogP contribution in [0.4, 0.5) is 0 Å². The lowest BCUT2D eigenvalue weighted by Crippen LogP contribution is -2.31. The molecule has 1 heteroatoms. The minimum Gasteiger partial charge on any atom is -0.274 e. The van der Waals surface area contributed by atoms with Gasteiger partial charge >= 0.3 is 0 Å². The Bertz CT molecular complexity index is 600. The minimum absolute atomic E-state index is 0.195. The molecule has 0 amide bonds. The van der Waals surface area contributed by atoms with Crippen molar-refractivity contribution in [3.05, 3.63) is 71.8 Å². The first-order valence-electron chi connectivity index (χ1n) is 7.05. The molecule has 104 valence electrons. The second-order valence-corrected chi connectivity index (χ2v) is 4.93. The van der Waals surface area contributed by atoms with Crippen molar-refractivity contribution in [3.8, 4) is 24.7 Å². The molecule has 0 bridgehead atoms. The number of rotatable bonds is 6. The Balaban J connectivity index is 2.30. The molecule has 0 aromatic heterocycles. The molecular weight excluding hydrogens is 254 g/mol. The Morgan fingerprint density at radius 2 is 1.33 bits per heavy atom. The number of nitrogens with zero attached hydrogens (tertiary/aromatic N) is 1. The summed E-state index contributed by atoms with van der Waals surface area (Å²) in [5, 5.41) is 0. The van der Waals surface area contributed by atoms with Crippen LogP contribution in [0.3, 0.4) is 0 Å². The first-order valence-corrected chi connectivity index (χ1v) is 7.05. The van der Waals surface area contributed by atoms with Crippen LogP contribution in [0.5, 0.6) is 0 Å². The van der Waals surface area contributed by atoms with Crippen molar-refractivity contribution in [3.63, 3.8) is 0 Å². The van der Waals surface area contributed by atoms with Gasteiger partial charge in [-0.1, -0.05) is 72.5 Å². The van der Waals surface area contributed by atoms with E-state index in [9.17, 15) is 0 Å². The highest BCUT2D eigenvalue weighted by Crippen LogP contribution is 2.24. The van der Waals surface area contributed by atoms with E-state index in [1.807, 2.05) is 12.1 Å². The molecule has 0 spiro atoms. The Kier molecular flexibility index (Phi) is 5.65. The fraction of sp³-hybridized carbons (Fsp3) is 0.200. The Morgan fingerprint density at radius 3 is 1.86 bits per heavy atom. The van der Waals surface area contributed by atoms with Gasteiger partial charge in [-0.15, -0.1) is 12.8 Å². The Hall–Kier alpha value is -2.48. The minimum atomic E-state index is 0.195. The van der Waals surface area contributed by atoms with Crippen molar-refractivity contribution in [1.29, 1.82) is 0 Å². The first kappa shape index (κ1) is 14.9. The second-order valence-electron chi connectivity index (χ2n) is 4.93. The van der Waals surface area contributed by atoms with Crippen LogP contribution < -0.4 is 0 Å². The van der Waals surface area contributed by atoms with Gasteiger partial charge in [0.2, 0.25) is 0 Å². The highest BCUT2D eigenvalue weighted by atomic mass is 15.1. The van der Waals surface area contributed by atoms with E-state index in [0.717, 1.165) is 6.42 Å². The average Bonchev–Trinajstić information content (AvgIpc) is 2.54. The van der Waals surface area contributed by atoms with Crippen molar-refractivity contribution in [2.75, 3.05) is 13.1 Å². The molecule has 1 unspecified atom stereocenters. The van der Waals surface area contributed by atoms with Gasteiger partial charge in [-0.3, -0.25) is 4.90 Å². The summed E-state index contributed by atoms with van der Waals surface area (Å²) in [5.41, 5.74) is 2.53. The standard InChI is InChI=1S/C20H19N/c1-3-15-21(16-4-2)20(19-13-9-6-10-14-19)17-18-11-7-5-8-12-18/h1-2,5-14,20H,15-17H2. The molecule has 0 saturated heterocycles. The van der Waals surface area contributed by atoms with E-state index in [1.54, 1.807) is 0 Å². The number of hydrogen-bond donors (Lipinski definition) is 0. The summed E-state index contributed by atoms with van der Waals surface area (Å²) in [6.45, 7) is 1.10. The predicted octanol–water partition coefficient (Wildman–Crippen LogP) is 3.54. The van der Waals surface area contributed by atoms with Crippen LogP contribution in [0.25, 0.3) is 0 Å². The summed E-state index contributed by atoms with van der Waals surface area (Å²) in [6.07, 6.45) is 11.9. The summed E-state index contributed by atoms with van der Waals surface area (Å²) in [6, 6.07) is 21.0. The molecule has 0 aliphatic carbocycles. The normalized spacial score (nSPS) is 11.6. The molecule has 21 heavy (non-hydrogen) atoms. The smallest absolute Gasteiger partial charge is 0.0613 e. The molecule has 0 heterocycles. The third-order valence-electron chi connectivity index (χ3n) is 3.49. The number of hydrogen-bond acceptors (Lipinski definition) is 1. The van der Waals surface area contributed by atoms with Crippen LogP contribution in [-0.2, 0) is 6.42 Å². The van der Waals surface area contributed by atoms with Crippen LogP contribution in [0, 0.1) is 24.7 Å². The van der Waals surface area contributed by atoms with Gasteiger partial charge in [-0.25, -0.2) is 0 Å². The summed E-state index contributed by atoms with van der Waals surface area (Å²) >= 11 is 0. The Morgan fingerprint density at radius 1 is 0.810 bits per heavy atom. The lowest BCUT2D eigenvalue weighted by Gasteiger charge is -2.29. The van der Waals surface area contributed by atoms with Crippen LogP contribution >= 0.6 is 0 Å². The fourth-order valence-electron chi connectivity index (χ4n) is 2.48. The molecule has 0 aliphatic rings. The molecule has 0 saturated carbocycles. The zero-order chi connectivity index (χ0) is 14.9. The van der Waals surface area contributed by atoms with E-state index in [1.165, 1.54) is 11.1 Å². The lowest BCUT2D eigenvalue weighted by atomic mass is 9.97. The molecule has 0 radical (unpaired) electrons. The van der Waals surface area contributed by atoms with Gasteiger partial charge in [0.05, 0.1) is 13.1 Å². The highest BCUT2D eigenvalue weighted by molar-refractivity contribution is 5.24. The van der Waals surface area contributed by atoms with Gasteiger partial charge in [0.1, 0.15) is 0 Å². The molecular formula is C20H19N. The van der Waals surface area contributed by atoms with Crippen LogP contribution in [0.1, 0.15) is 17.2 Å². The SMILES string of the molecule is C#CCN(CC#C)C(Cc1ccccc1)c1ccccc1. The van der Waals surface area contributed by atoms with Gasteiger partial charge in [-0.2, -0.15) is 0 Å². The van der Waals surface area contributed by atoms with Crippen molar-refractivity contribution < 1.29 is 0 Å². The van der Waals surface area contributed by atoms with E-state index in [4.69, 9.17) is 12.8 Å². The lowest BCUT2D eigenvalue weighted by molar-refractivity contribution is 0.249. The summed E-state index contributed by atoms with van der Waals surface area (Å²) in [7, 11) is 0. The van der Waals surface area contributed by atoms with Gasteiger partial charge in [0.25, 0.3) is 0 Å². The van der Waals surface area contributed by atoms with Gasteiger partial charge < -0.3 is 0 Å². The maximum atomic E-state index is 5.51. The second kappa shape index (κ2) is 7.95. The molecule has 2 aromatic carbocycles. The maximum absolute atomic E-state index is 5.51. The van der Waals surface area contributed by atoms with E-state index in [0.29, 0.717) is 13.1 Å². The fourth-order valence-corrected chi connectivity index (χ4v) is 2.48. The number of benzene rings is 2. The van der Waals surface area contributed by atoms with E-state index >= 15 is 0 Å². The molecule has 1 nitrogen and oxygen atoms in total. The van der Waals surface area contributed by atoms with E-state index in [2.05, 4.69) is 65.3 Å². The molecule has 0 N–H and O–H groups in total. The summed E-state index contributed by atoms with van der Waals surface area (Å²) in [5.74, 6) is 5.44. The quantitative estimate of drug-likeness (QED) is 0.728. The van der Waals surface area contributed by atoms with Gasteiger partial charge in [0, 0.05) is 6.04 Å². The third-order valence-corrected chi connectivity index (χ3v) is 3.49. The van der Waals surface area contributed by atoms with Gasteiger partial charge in [-0.05, 0) is 17.5 Å². The zero-order valence-corrected chi connectivity index (χ0v) is 12.1. The number of terminal acetylenes is 2. The van der Waals surface area contributed by atoms with Crippen LogP contribution in [0.15, 0.2) is 60.7 Å². The third kappa shape index (κ3) is 4.25. The molecule has 2 aromatic rings. The molecule has 1 atom stereocenters. The van der Waals surface area contributed by atoms with Crippen LogP contribution in [0.2, 0.25) is 0 Å². The molecule has 0 fully saturated rings. The topological polar surface area (TPSA) is 3.24 Å².